The van der Waals surface area contributed by atoms with Crippen LogP contribution in [0.1, 0.15) is 57.8 Å². The maximum atomic E-state index is 4.49. The van der Waals surface area contributed by atoms with Gasteiger partial charge in [-0.25, -0.2) is 4.98 Å². The fraction of sp³-hybridized carbons (Fsp3) is 0.800. The molecule has 0 bridgehead atoms. The minimum absolute atomic E-state index is 0.199. The SMILES string of the molecule is Cc1cnc(CN(CCC(C)(C)C)C(C)(C)C)s1. The van der Waals surface area contributed by atoms with E-state index in [-0.39, 0.29) is 5.54 Å². The molecule has 0 fully saturated rings. The maximum absolute atomic E-state index is 4.49. The second-order valence-electron chi connectivity index (χ2n) is 7.27. The molecule has 1 rings (SSSR count). The average Bonchev–Trinajstić information content (AvgIpc) is 2.55. The molecule has 0 saturated carbocycles. The van der Waals surface area contributed by atoms with E-state index in [1.54, 1.807) is 0 Å². The Bertz CT molecular complexity index is 369. The Balaban J connectivity index is 2.68. The highest BCUT2D eigenvalue weighted by Gasteiger charge is 2.24. The van der Waals surface area contributed by atoms with Crippen LogP contribution in [0.4, 0.5) is 0 Å². The van der Waals surface area contributed by atoms with E-state index in [1.807, 2.05) is 17.5 Å². The largest absolute Gasteiger partial charge is 0.292 e. The van der Waals surface area contributed by atoms with Crippen LogP contribution in [0.25, 0.3) is 0 Å². The van der Waals surface area contributed by atoms with E-state index in [1.165, 1.54) is 16.3 Å². The summed E-state index contributed by atoms with van der Waals surface area (Å²) in [4.78, 5) is 8.33. The average molecular weight is 268 g/mol. The zero-order valence-corrected chi connectivity index (χ0v) is 13.8. The van der Waals surface area contributed by atoms with Gasteiger partial charge in [0.15, 0.2) is 0 Å². The van der Waals surface area contributed by atoms with Crippen LogP contribution in [0.15, 0.2) is 6.20 Å². The molecule has 0 atom stereocenters. The van der Waals surface area contributed by atoms with E-state index in [2.05, 4.69) is 58.4 Å². The van der Waals surface area contributed by atoms with E-state index < -0.39 is 0 Å². The van der Waals surface area contributed by atoms with E-state index in [4.69, 9.17) is 0 Å². The van der Waals surface area contributed by atoms with Gasteiger partial charge in [0, 0.05) is 16.6 Å². The Morgan fingerprint density at radius 2 is 1.78 bits per heavy atom. The summed E-state index contributed by atoms with van der Waals surface area (Å²) in [5, 5.41) is 1.23. The zero-order chi connectivity index (χ0) is 14.0. The van der Waals surface area contributed by atoms with Crippen LogP contribution in [0.5, 0.6) is 0 Å². The Labute approximate surface area is 116 Å². The molecule has 2 nitrogen and oxygen atoms in total. The quantitative estimate of drug-likeness (QED) is 0.800. The first-order valence-electron chi connectivity index (χ1n) is 6.74. The molecule has 0 N–H and O–H groups in total. The fourth-order valence-electron chi connectivity index (χ4n) is 1.76. The summed E-state index contributed by atoms with van der Waals surface area (Å²) in [6.45, 7) is 18.0. The molecule has 0 aliphatic rings. The van der Waals surface area contributed by atoms with Crippen LogP contribution >= 0.6 is 11.3 Å². The van der Waals surface area contributed by atoms with Crippen LogP contribution in [-0.2, 0) is 6.54 Å². The van der Waals surface area contributed by atoms with Gasteiger partial charge in [-0.3, -0.25) is 4.90 Å². The summed E-state index contributed by atoms with van der Waals surface area (Å²) >= 11 is 1.81. The van der Waals surface area contributed by atoms with E-state index in [9.17, 15) is 0 Å². The fourth-order valence-corrected chi connectivity index (χ4v) is 2.56. The van der Waals surface area contributed by atoms with Crippen LogP contribution in [0, 0.1) is 12.3 Å². The van der Waals surface area contributed by atoms with Gasteiger partial charge in [-0.15, -0.1) is 11.3 Å². The lowest BCUT2D eigenvalue weighted by molar-refractivity contribution is 0.110. The van der Waals surface area contributed by atoms with Crippen LogP contribution in [-0.4, -0.2) is 22.0 Å². The molecule has 3 heteroatoms. The highest BCUT2D eigenvalue weighted by Crippen LogP contribution is 2.25. The van der Waals surface area contributed by atoms with Crippen molar-refractivity contribution in [2.45, 2.75) is 67.0 Å². The number of hydrogen-bond acceptors (Lipinski definition) is 3. The van der Waals surface area contributed by atoms with Gasteiger partial charge in [-0.05, 0) is 46.1 Å². The third-order valence-corrected chi connectivity index (χ3v) is 3.97. The van der Waals surface area contributed by atoms with Gasteiger partial charge in [-0.2, -0.15) is 0 Å². The maximum Gasteiger partial charge on any atom is 0.107 e. The third-order valence-electron chi connectivity index (χ3n) is 3.08. The highest BCUT2D eigenvalue weighted by atomic mass is 32.1. The number of hydrogen-bond donors (Lipinski definition) is 0. The minimum Gasteiger partial charge on any atom is -0.292 e. The lowest BCUT2D eigenvalue weighted by Gasteiger charge is -2.36. The predicted molar refractivity (Wildman–Crippen MR) is 81.1 cm³/mol. The number of rotatable bonds is 4. The van der Waals surface area contributed by atoms with Crippen molar-refractivity contribution in [2.24, 2.45) is 5.41 Å². The molecule has 1 aromatic rings. The van der Waals surface area contributed by atoms with E-state index in [0.29, 0.717) is 5.41 Å². The second kappa shape index (κ2) is 5.70. The molecular formula is C15H28N2S. The van der Waals surface area contributed by atoms with E-state index in [0.717, 1.165) is 13.1 Å². The Kier molecular flexibility index (Phi) is 4.96. The minimum atomic E-state index is 0.199. The Hall–Kier alpha value is -0.410. The van der Waals surface area contributed by atoms with Gasteiger partial charge in [0.2, 0.25) is 0 Å². The van der Waals surface area contributed by atoms with Crippen molar-refractivity contribution >= 4 is 11.3 Å². The first kappa shape index (κ1) is 15.6. The van der Waals surface area contributed by atoms with Crippen molar-refractivity contribution in [3.05, 3.63) is 16.1 Å². The third kappa shape index (κ3) is 5.49. The Morgan fingerprint density at radius 3 is 2.17 bits per heavy atom. The summed E-state index contributed by atoms with van der Waals surface area (Å²) in [5.74, 6) is 0. The van der Waals surface area contributed by atoms with Gasteiger partial charge in [0.05, 0.1) is 6.54 Å². The van der Waals surface area contributed by atoms with Crippen molar-refractivity contribution in [2.75, 3.05) is 6.54 Å². The normalized spacial score (nSPS) is 13.3. The van der Waals surface area contributed by atoms with Crippen LogP contribution in [0.2, 0.25) is 0 Å². The van der Waals surface area contributed by atoms with Gasteiger partial charge in [0.25, 0.3) is 0 Å². The summed E-state index contributed by atoms with van der Waals surface area (Å²) in [6.07, 6.45) is 3.19. The number of aryl methyl sites for hydroxylation is 1. The summed E-state index contributed by atoms with van der Waals surface area (Å²) in [7, 11) is 0. The molecule has 18 heavy (non-hydrogen) atoms. The molecule has 1 aromatic heterocycles. The lowest BCUT2D eigenvalue weighted by Crippen LogP contribution is -2.42. The molecule has 104 valence electrons. The van der Waals surface area contributed by atoms with Crippen molar-refractivity contribution in [3.63, 3.8) is 0 Å². The molecule has 0 spiro atoms. The van der Waals surface area contributed by atoms with Gasteiger partial charge < -0.3 is 0 Å². The molecule has 0 aliphatic carbocycles. The highest BCUT2D eigenvalue weighted by molar-refractivity contribution is 7.11. The number of aromatic nitrogens is 1. The van der Waals surface area contributed by atoms with E-state index >= 15 is 0 Å². The topological polar surface area (TPSA) is 16.1 Å². The van der Waals surface area contributed by atoms with Crippen LogP contribution < -0.4 is 0 Å². The Morgan fingerprint density at radius 1 is 1.17 bits per heavy atom. The summed E-state index contributed by atoms with van der Waals surface area (Å²) < 4.78 is 0. The molecule has 1 heterocycles. The second-order valence-corrected chi connectivity index (χ2v) is 8.59. The van der Waals surface area contributed by atoms with Crippen LogP contribution in [0.3, 0.4) is 0 Å². The molecule has 0 saturated heterocycles. The summed E-state index contributed by atoms with van der Waals surface area (Å²) in [5.41, 5.74) is 0.590. The molecule has 0 aromatic carbocycles. The summed E-state index contributed by atoms with van der Waals surface area (Å²) in [6, 6.07) is 0. The first-order valence-corrected chi connectivity index (χ1v) is 7.56. The molecule has 0 radical (unpaired) electrons. The van der Waals surface area contributed by atoms with Crippen molar-refractivity contribution < 1.29 is 0 Å². The van der Waals surface area contributed by atoms with Crippen molar-refractivity contribution in [1.82, 2.24) is 9.88 Å². The molecule has 0 unspecified atom stereocenters. The molecular weight excluding hydrogens is 240 g/mol. The van der Waals surface area contributed by atoms with Gasteiger partial charge >= 0.3 is 0 Å². The van der Waals surface area contributed by atoms with Gasteiger partial charge in [-0.1, -0.05) is 20.8 Å². The monoisotopic (exact) mass is 268 g/mol. The zero-order valence-electron chi connectivity index (χ0n) is 13.0. The molecule has 0 aliphatic heterocycles. The smallest absolute Gasteiger partial charge is 0.107 e. The first-order chi connectivity index (χ1) is 8.08. The standard InChI is InChI=1S/C15H28N2S/c1-12-10-16-13(18-12)11-17(15(5,6)7)9-8-14(2,3)4/h10H,8-9,11H2,1-7H3. The van der Waals surface area contributed by atoms with Crippen molar-refractivity contribution in [3.8, 4) is 0 Å². The van der Waals surface area contributed by atoms with Gasteiger partial charge in [0.1, 0.15) is 5.01 Å². The number of nitrogens with zero attached hydrogens (tertiary/aromatic N) is 2. The van der Waals surface area contributed by atoms with Crippen molar-refractivity contribution in [1.29, 1.82) is 0 Å². The molecule has 0 amide bonds. The lowest BCUT2D eigenvalue weighted by atomic mass is 9.91. The predicted octanol–water partition coefficient (Wildman–Crippen LogP) is 4.49. The number of thiazole rings is 1.